The molecule has 0 aliphatic carbocycles. The van der Waals surface area contributed by atoms with Gasteiger partial charge in [0.15, 0.2) is 0 Å². The van der Waals surface area contributed by atoms with Crippen LogP contribution in [0.3, 0.4) is 0 Å². The van der Waals surface area contributed by atoms with Gasteiger partial charge in [-0.2, -0.15) is 0 Å². The Morgan fingerprint density at radius 1 is 0.800 bits per heavy atom. The lowest BCUT2D eigenvalue weighted by atomic mass is 10.1. The molecule has 0 saturated carbocycles. The Bertz CT molecular complexity index is 406. The van der Waals surface area contributed by atoms with E-state index < -0.39 is 0 Å². The molecule has 0 aliphatic heterocycles. The largest absolute Gasteiger partial charge is 0.399 e. The summed E-state index contributed by atoms with van der Waals surface area (Å²) >= 11 is 0. The third kappa shape index (κ3) is 2.81. The van der Waals surface area contributed by atoms with Crippen molar-refractivity contribution in [2.75, 3.05) is 5.73 Å². The molecule has 2 aromatic rings. The lowest BCUT2D eigenvalue weighted by Gasteiger charge is -2.02. The molecule has 0 bridgehead atoms. The summed E-state index contributed by atoms with van der Waals surface area (Å²) in [7, 11) is 0. The summed E-state index contributed by atoms with van der Waals surface area (Å²) < 4.78 is 0. The second-order valence-corrected chi connectivity index (χ2v) is 3.60. The van der Waals surface area contributed by atoms with Crippen LogP contribution in [0, 0.1) is 0 Å². The van der Waals surface area contributed by atoms with E-state index in [1.807, 2.05) is 24.5 Å². The van der Waals surface area contributed by atoms with E-state index in [4.69, 9.17) is 5.73 Å². The van der Waals surface area contributed by atoms with Gasteiger partial charge in [-0.25, -0.2) is 0 Å². The van der Waals surface area contributed by atoms with Crippen molar-refractivity contribution in [3.8, 4) is 0 Å². The summed E-state index contributed by atoms with van der Waals surface area (Å²) in [6.45, 7) is 0. The van der Waals surface area contributed by atoms with E-state index in [0.29, 0.717) is 0 Å². The summed E-state index contributed by atoms with van der Waals surface area (Å²) in [6, 6.07) is 12.2. The topological polar surface area (TPSA) is 38.9 Å². The van der Waals surface area contributed by atoms with Crippen molar-refractivity contribution in [1.82, 2.24) is 4.98 Å². The van der Waals surface area contributed by atoms with Crippen LogP contribution in [-0.4, -0.2) is 4.98 Å². The summed E-state index contributed by atoms with van der Waals surface area (Å²) in [5.41, 5.74) is 9.09. The van der Waals surface area contributed by atoms with Crippen molar-refractivity contribution in [1.29, 1.82) is 0 Å². The molecule has 2 nitrogen and oxygen atoms in total. The third-order valence-electron chi connectivity index (χ3n) is 2.43. The minimum atomic E-state index is 0.822. The summed E-state index contributed by atoms with van der Waals surface area (Å²) in [6.07, 6.45) is 5.76. The van der Waals surface area contributed by atoms with E-state index in [1.54, 1.807) is 0 Å². The SMILES string of the molecule is Nc1ccc(CCc2ccncc2)cc1. The fourth-order valence-corrected chi connectivity index (χ4v) is 1.52. The summed E-state index contributed by atoms with van der Waals surface area (Å²) in [5.74, 6) is 0. The molecule has 0 saturated heterocycles. The maximum absolute atomic E-state index is 5.63. The highest BCUT2D eigenvalue weighted by Gasteiger charge is 1.95. The molecule has 0 unspecified atom stereocenters. The van der Waals surface area contributed by atoms with Crippen LogP contribution in [0.25, 0.3) is 0 Å². The first kappa shape index (κ1) is 9.71. The smallest absolute Gasteiger partial charge is 0.0314 e. The van der Waals surface area contributed by atoms with Crippen molar-refractivity contribution in [3.05, 3.63) is 59.9 Å². The van der Waals surface area contributed by atoms with Gasteiger partial charge in [-0.1, -0.05) is 12.1 Å². The normalized spacial score (nSPS) is 10.1. The fourth-order valence-electron chi connectivity index (χ4n) is 1.52. The highest BCUT2D eigenvalue weighted by atomic mass is 14.6. The van der Waals surface area contributed by atoms with Crippen LogP contribution < -0.4 is 5.73 Å². The van der Waals surface area contributed by atoms with Crippen LogP contribution in [0.4, 0.5) is 5.69 Å². The zero-order valence-corrected chi connectivity index (χ0v) is 8.56. The average Bonchev–Trinajstić information content (AvgIpc) is 2.30. The molecule has 0 atom stereocenters. The van der Waals surface area contributed by atoms with E-state index in [-0.39, 0.29) is 0 Å². The van der Waals surface area contributed by atoms with Crippen LogP contribution in [0.15, 0.2) is 48.8 Å². The molecular weight excluding hydrogens is 184 g/mol. The second-order valence-electron chi connectivity index (χ2n) is 3.60. The molecule has 0 fully saturated rings. The second kappa shape index (κ2) is 4.60. The van der Waals surface area contributed by atoms with Crippen molar-refractivity contribution in [2.45, 2.75) is 12.8 Å². The monoisotopic (exact) mass is 198 g/mol. The molecule has 76 valence electrons. The molecule has 2 heteroatoms. The molecule has 0 spiro atoms. The third-order valence-corrected chi connectivity index (χ3v) is 2.43. The number of hydrogen-bond acceptors (Lipinski definition) is 2. The molecule has 15 heavy (non-hydrogen) atoms. The average molecular weight is 198 g/mol. The molecule has 1 aromatic heterocycles. The molecular formula is C13H14N2. The first-order chi connectivity index (χ1) is 7.34. The van der Waals surface area contributed by atoms with Crippen molar-refractivity contribution < 1.29 is 0 Å². The first-order valence-electron chi connectivity index (χ1n) is 5.08. The standard InChI is InChI=1S/C13H14N2/c14-13-5-3-11(4-6-13)1-2-12-7-9-15-10-8-12/h3-10H,1-2,14H2. The minimum absolute atomic E-state index is 0.822. The lowest BCUT2D eigenvalue weighted by Crippen LogP contribution is -1.92. The summed E-state index contributed by atoms with van der Waals surface area (Å²) in [4.78, 5) is 4.00. The van der Waals surface area contributed by atoms with Gasteiger partial charge < -0.3 is 5.73 Å². The molecule has 1 heterocycles. The number of nitrogens with two attached hydrogens (primary N) is 1. The molecule has 0 amide bonds. The Hall–Kier alpha value is -1.83. The maximum Gasteiger partial charge on any atom is 0.0314 e. The van der Waals surface area contributed by atoms with Gasteiger partial charge in [0, 0.05) is 18.1 Å². The van der Waals surface area contributed by atoms with Gasteiger partial charge in [0.25, 0.3) is 0 Å². The van der Waals surface area contributed by atoms with E-state index in [9.17, 15) is 0 Å². The summed E-state index contributed by atoms with van der Waals surface area (Å²) in [5, 5.41) is 0. The van der Waals surface area contributed by atoms with Gasteiger partial charge in [0.1, 0.15) is 0 Å². The van der Waals surface area contributed by atoms with Crippen LogP contribution in [0.1, 0.15) is 11.1 Å². The van der Waals surface area contributed by atoms with Crippen LogP contribution in [0.5, 0.6) is 0 Å². The van der Waals surface area contributed by atoms with Crippen LogP contribution >= 0.6 is 0 Å². The Labute approximate surface area is 89.8 Å². The number of aromatic nitrogens is 1. The Kier molecular flexibility index (Phi) is 2.98. The Morgan fingerprint density at radius 2 is 1.33 bits per heavy atom. The van der Waals surface area contributed by atoms with Gasteiger partial charge in [0.2, 0.25) is 0 Å². The Balaban J connectivity index is 1.96. The number of aryl methyl sites for hydroxylation is 2. The molecule has 2 N–H and O–H groups in total. The van der Waals surface area contributed by atoms with Gasteiger partial charge in [0.05, 0.1) is 0 Å². The molecule has 0 radical (unpaired) electrons. The highest BCUT2D eigenvalue weighted by molar-refractivity contribution is 5.39. The van der Waals surface area contributed by atoms with Gasteiger partial charge in [-0.3, -0.25) is 4.98 Å². The fraction of sp³-hybridized carbons (Fsp3) is 0.154. The van der Waals surface area contributed by atoms with Gasteiger partial charge in [-0.05, 0) is 48.2 Å². The number of hydrogen-bond donors (Lipinski definition) is 1. The number of benzene rings is 1. The first-order valence-corrected chi connectivity index (χ1v) is 5.08. The number of rotatable bonds is 3. The van der Waals surface area contributed by atoms with Gasteiger partial charge in [-0.15, -0.1) is 0 Å². The Morgan fingerprint density at radius 3 is 1.93 bits per heavy atom. The van der Waals surface area contributed by atoms with Crippen LogP contribution in [0.2, 0.25) is 0 Å². The quantitative estimate of drug-likeness (QED) is 0.769. The lowest BCUT2D eigenvalue weighted by molar-refractivity contribution is 0.956. The molecule has 0 aliphatic rings. The zero-order chi connectivity index (χ0) is 10.5. The number of nitrogens with zero attached hydrogens (tertiary/aromatic N) is 1. The predicted molar refractivity (Wildman–Crippen MR) is 62.5 cm³/mol. The van der Waals surface area contributed by atoms with E-state index >= 15 is 0 Å². The van der Waals surface area contributed by atoms with Crippen molar-refractivity contribution in [3.63, 3.8) is 0 Å². The van der Waals surface area contributed by atoms with E-state index in [0.717, 1.165) is 18.5 Å². The maximum atomic E-state index is 5.63. The van der Waals surface area contributed by atoms with E-state index in [2.05, 4.69) is 29.2 Å². The van der Waals surface area contributed by atoms with E-state index in [1.165, 1.54) is 11.1 Å². The predicted octanol–water partition coefficient (Wildman–Crippen LogP) is 2.45. The molecule has 1 aromatic carbocycles. The van der Waals surface area contributed by atoms with Crippen molar-refractivity contribution in [2.24, 2.45) is 0 Å². The van der Waals surface area contributed by atoms with Gasteiger partial charge >= 0.3 is 0 Å². The minimum Gasteiger partial charge on any atom is -0.399 e. The van der Waals surface area contributed by atoms with Crippen molar-refractivity contribution >= 4 is 5.69 Å². The molecule has 2 rings (SSSR count). The highest BCUT2D eigenvalue weighted by Crippen LogP contribution is 2.09. The van der Waals surface area contributed by atoms with Crippen LogP contribution in [-0.2, 0) is 12.8 Å². The number of nitrogen functional groups attached to an aromatic ring is 1. The number of anilines is 1. The number of pyridine rings is 1. The zero-order valence-electron chi connectivity index (χ0n) is 8.56.